The number of rotatable bonds is 3. The molecule has 2 amide bonds. The lowest BCUT2D eigenvalue weighted by Crippen LogP contribution is -2.58. The molecule has 1 saturated carbocycles. The van der Waals surface area contributed by atoms with Gasteiger partial charge in [0, 0.05) is 6.54 Å². The van der Waals surface area contributed by atoms with Gasteiger partial charge in [-0.2, -0.15) is 0 Å². The van der Waals surface area contributed by atoms with E-state index in [0.29, 0.717) is 12.5 Å². The number of nitrogens with one attached hydrogen (secondary N) is 1. The number of benzene rings is 1. The molecule has 19 heavy (non-hydrogen) atoms. The number of carbonyl (C=O) groups excluding carboxylic acids is 2. The molecule has 1 N–H and O–H groups in total. The first-order chi connectivity index (χ1) is 9.15. The van der Waals surface area contributed by atoms with Gasteiger partial charge in [0.2, 0.25) is 11.8 Å². The highest BCUT2D eigenvalue weighted by atomic mass is 16.2. The molecule has 1 aromatic carbocycles. The van der Waals surface area contributed by atoms with Crippen molar-refractivity contribution in [1.29, 1.82) is 0 Å². The minimum Gasteiger partial charge on any atom is -0.345 e. The number of hydrogen-bond donors (Lipinski definition) is 1. The fourth-order valence-electron chi connectivity index (χ4n) is 2.62. The molecule has 0 bridgehead atoms. The summed E-state index contributed by atoms with van der Waals surface area (Å²) in [7, 11) is 0. The van der Waals surface area contributed by atoms with Crippen LogP contribution >= 0.6 is 0 Å². The lowest BCUT2D eigenvalue weighted by atomic mass is 10.0. The average Bonchev–Trinajstić information content (AvgIpc) is 3.21. The third kappa shape index (κ3) is 2.48. The molecule has 1 aromatic rings. The maximum Gasteiger partial charge on any atom is 0.243 e. The maximum absolute atomic E-state index is 12.1. The number of carbonyl (C=O) groups is 2. The van der Waals surface area contributed by atoms with E-state index < -0.39 is 0 Å². The number of hydrogen-bond acceptors (Lipinski definition) is 2. The van der Waals surface area contributed by atoms with Crippen molar-refractivity contribution in [3.8, 4) is 0 Å². The molecule has 4 nitrogen and oxygen atoms in total. The lowest BCUT2D eigenvalue weighted by molar-refractivity contribution is -0.147. The van der Waals surface area contributed by atoms with Crippen molar-refractivity contribution in [3.63, 3.8) is 0 Å². The Bertz CT molecular complexity index is 505. The molecule has 2 fully saturated rings. The molecule has 1 atom stereocenters. The zero-order chi connectivity index (χ0) is 13.4. The predicted octanol–water partition coefficient (Wildman–Crippen LogP) is 1.23. The Labute approximate surface area is 112 Å². The summed E-state index contributed by atoms with van der Waals surface area (Å²) in [5.74, 6) is 0.390. The van der Waals surface area contributed by atoms with Gasteiger partial charge in [0.15, 0.2) is 0 Å². The summed E-state index contributed by atoms with van der Waals surface area (Å²) < 4.78 is 0. The van der Waals surface area contributed by atoms with Crippen LogP contribution in [0.4, 0.5) is 0 Å². The van der Waals surface area contributed by atoms with Crippen molar-refractivity contribution in [2.45, 2.75) is 32.4 Å². The summed E-state index contributed by atoms with van der Waals surface area (Å²) >= 11 is 0. The molecule has 1 aliphatic heterocycles. The number of amides is 2. The van der Waals surface area contributed by atoms with Gasteiger partial charge in [-0.25, -0.2) is 0 Å². The molecule has 100 valence electrons. The maximum atomic E-state index is 12.1. The average molecular weight is 258 g/mol. The van der Waals surface area contributed by atoms with E-state index in [0.717, 1.165) is 18.4 Å². The molecule has 1 unspecified atom stereocenters. The first-order valence-electron chi connectivity index (χ1n) is 6.78. The van der Waals surface area contributed by atoms with E-state index in [2.05, 4.69) is 5.32 Å². The molecule has 3 rings (SSSR count). The van der Waals surface area contributed by atoms with Gasteiger partial charge in [-0.3, -0.25) is 9.59 Å². The summed E-state index contributed by atoms with van der Waals surface area (Å²) in [6.45, 7) is 2.71. The first-order valence-corrected chi connectivity index (χ1v) is 6.78. The molecule has 1 aliphatic carbocycles. The molecule has 2 aliphatic rings. The van der Waals surface area contributed by atoms with Crippen LogP contribution in [0, 0.1) is 12.8 Å². The summed E-state index contributed by atoms with van der Waals surface area (Å²) in [6.07, 6.45) is 2.10. The smallest absolute Gasteiger partial charge is 0.243 e. The molecular weight excluding hydrogens is 240 g/mol. The van der Waals surface area contributed by atoms with Crippen LogP contribution in [0.5, 0.6) is 0 Å². The van der Waals surface area contributed by atoms with Crippen molar-refractivity contribution >= 4 is 11.8 Å². The highest BCUT2D eigenvalue weighted by Gasteiger charge is 2.44. The van der Waals surface area contributed by atoms with Crippen LogP contribution in [0.1, 0.15) is 24.0 Å². The van der Waals surface area contributed by atoms with Gasteiger partial charge < -0.3 is 10.2 Å². The van der Waals surface area contributed by atoms with Crippen LogP contribution in [-0.4, -0.2) is 29.3 Å². The second-order valence-corrected chi connectivity index (χ2v) is 5.51. The van der Waals surface area contributed by atoms with Crippen molar-refractivity contribution in [2.24, 2.45) is 5.92 Å². The Morgan fingerprint density at radius 3 is 2.53 bits per heavy atom. The Morgan fingerprint density at radius 1 is 1.21 bits per heavy atom. The van der Waals surface area contributed by atoms with E-state index in [1.165, 1.54) is 5.56 Å². The minimum absolute atomic E-state index is 0.00853. The van der Waals surface area contributed by atoms with Gasteiger partial charge >= 0.3 is 0 Å². The molecule has 4 heteroatoms. The standard InChI is InChI=1S/C15H18N2O2/c1-10-2-4-11(5-3-10)9-17-13(18)8-16-15(19)14(17)12-6-7-12/h2-5,12,14H,6-9H2,1H3,(H,16,19). The lowest BCUT2D eigenvalue weighted by Gasteiger charge is -2.35. The molecule has 0 aromatic heterocycles. The van der Waals surface area contributed by atoms with Crippen LogP contribution in [0.2, 0.25) is 0 Å². The monoisotopic (exact) mass is 258 g/mol. The van der Waals surface area contributed by atoms with Gasteiger partial charge in [-0.05, 0) is 31.2 Å². The Kier molecular flexibility index (Phi) is 3.01. The zero-order valence-corrected chi connectivity index (χ0v) is 11.1. The van der Waals surface area contributed by atoms with E-state index in [4.69, 9.17) is 0 Å². The van der Waals surface area contributed by atoms with Crippen LogP contribution in [0.15, 0.2) is 24.3 Å². The van der Waals surface area contributed by atoms with E-state index in [9.17, 15) is 9.59 Å². The number of piperazine rings is 1. The fraction of sp³-hybridized carbons (Fsp3) is 0.467. The van der Waals surface area contributed by atoms with E-state index in [1.54, 1.807) is 4.90 Å². The molecule has 0 radical (unpaired) electrons. The Hall–Kier alpha value is -1.84. The summed E-state index contributed by atoms with van der Waals surface area (Å²) in [6, 6.07) is 7.87. The van der Waals surface area contributed by atoms with Crippen LogP contribution in [0.25, 0.3) is 0 Å². The summed E-state index contributed by atoms with van der Waals surface area (Å²) in [5.41, 5.74) is 2.28. The third-order valence-corrected chi connectivity index (χ3v) is 3.88. The van der Waals surface area contributed by atoms with Crippen molar-refractivity contribution in [1.82, 2.24) is 10.2 Å². The zero-order valence-electron chi connectivity index (χ0n) is 11.1. The normalized spacial score (nSPS) is 23.4. The van der Waals surface area contributed by atoms with Crippen molar-refractivity contribution in [3.05, 3.63) is 35.4 Å². The molecule has 0 spiro atoms. The van der Waals surface area contributed by atoms with Gasteiger partial charge in [0.25, 0.3) is 0 Å². The number of nitrogens with zero attached hydrogens (tertiary/aromatic N) is 1. The molecular formula is C15H18N2O2. The van der Waals surface area contributed by atoms with E-state index in [-0.39, 0.29) is 24.4 Å². The van der Waals surface area contributed by atoms with E-state index >= 15 is 0 Å². The molecule has 1 heterocycles. The van der Waals surface area contributed by atoms with Crippen LogP contribution in [0.3, 0.4) is 0 Å². The van der Waals surface area contributed by atoms with Crippen LogP contribution in [-0.2, 0) is 16.1 Å². The van der Waals surface area contributed by atoms with E-state index in [1.807, 2.05) is 31.2 Å². The highest BCUT2D eigenvalue weighted by molar-refractivity contribution is 5.95. The van der Waals surface area contributed by atoms with Crippen molar-refractivity contribution < 1.29 is 9.59 Å². The van der Waals surface area contributed by atoms with Gasteiger partial charge in [0.1, 0.15) is 6.04 Å². The van der Waals surface area contributed by atoms with Crippen molar-refractivity contribution in [2.75, 3.05) is 6.54 Å². The highest BCUT2D eigenvalue weighted by Crippen LogP contribution is 2.37. The largest absolute Gasteiger partial charge is 0.345 e. The topological polar surface area (TPSA) is 49.4 Å². The first kappa shape index (κ1) is 12.2. The predicted molar refractivity (Wildman–Crippen MR) is 71.3 cm³/mol. The van der Waals surface area contributed by atoms with Gasteiger partial charge in [-0.15, -0.1) is 0 Å². The quantitative estimate of drug-likeness (QED) is 0.886. The second kappa shape index (κ2) is 4.68. The van der Waals surface area contributed by atoms with Gasteiger partial charge in [-0.1, -0.05) is 29.8 Å². The summed E-state index contributed by atoms with van der Waals surface area (Å²) in [4.78, 5) is 25.8. The number of aryl methyl sites for hydroxylation is 1. The summed E-state index contributed by atoms with van der Waals surface area (Å²) in [5, 5.41) is 2.70. The third-order valence-electron chi connectivity index (χ3n) is 3.88. The van der Waals surface area contributed by atoms with Gasteiger partial charge in [0.05, 0.1) is 6.54 Å². The molecule has 1 saturated heterocycles. The minimum atomic E-state index is -0.262. The van der Waals surface area contributed by atoms with Crippen LogP contribution < -0.4 is 5.32 Å². The second-order valence-electron chi connectivity index (χ2n) is 5.51. The Morgan fingerprint density at radius 2 is 1.89 bits per heavy atom. The SMILES string of the molecule is Cc1ccc(CN2C(=O)CNC(=O)C2C2CC2)cc1. The Balaban J connectivity index is 1.81. The fourth-order valence-corrected chi connectivity index (χ4v) is 2.62.